The third kappa shape index (κ3) is 4.94. The van der Waals surface area contributed by atoms with Crippen molar-refractivity contribution in [3.63, 3.8) is 0 Å². The first-order valence-corrected chi connectivity index (χ1v) is 8.00. The lowest BCUT2D eigenvalue weighted by Crippen LogP contribution is -2.28. The fourth-order valence-electron chi connectivity index (χ4n) is 2.20. The first-order valence-electron chi connectivity index (χ1n) is 8.00. The van der Waals surface area contributed by atoms with Crippen LogP contribution < -0.4 is 14.8 Å². The summed E-state index contributed by atoms with van der Waals surface area (Å²) in [5.74, 6) is 1.89. The quantitative estimate of drug-likeness (QED) is 0.733. The Morgan fingerprint density at radius 3 is 2.62 bits per heavy atom. The minimum Gasteiger partial charge on any atom is -0.490 e. The zero-order chi connectivity index (χ0) is 17.4. The fraction of sp³-hybridized carbons (Fsp3) is 0.500. The number of benzene rings is 1. The van der Waals surface area contributed by atoms with E-state index in [-0.39, 0.29) is 12.3 Å². The van der Waals surface area contributed by atoms with Crippen molar-refractivity contribution in [3.8, 4) is 11.5 Å². The number of aromatic nitrogens is 4. The van der Waals surface area contributed by atoms with Crippen molar-refractivity contribution in [3.05, 3.63) is 29.6 Å². The first kappa shape index (κ1) is 17.7. The van der Waals surface area contributed by atoms with Gasteiger partial charge in [0.1, 0.15) is 0 Å². The van der Waals surface area contributed by atoms with Gasteiger partial charge in [0.05, 0.1) is 19.6 Å². The number of rotatable bonds is 9. The van der Waals surface area contributed by atoms with Crippen LogP contribution in [0.4, 0.5) is 0 Å². The van der Waals surface area contributed by atoms with Crippen LogP contribution in [0, 0.1) is 0 Å². The Kier molecular flexibility index (Phi) is 6.53. The van der Waals surface area contributed by atoms with Crippen molar-refractivity contribution < 1.29 is 14.3 Å². The van der Waals surface area contributed by atoms with E-state index in [1.54, 1.807) is 7.05 Å². The van der Waals surface area contributed by atoms with Gasteiger partial charge in [-0.25, -0.2) is 4.68 Å². The molecule has 0 saturated carbocycles. The maximum atomic E-state index is 11.9. The molecule has 0 saturated heterocycles. The second-order valence-electron chi connectivity index (χ2n) is 5.14. The zero-order valence-corrected chi connectivity index (χ0v) is 14.3. The Morgan fingerprint density at radius 2 is 1.96 bits per heavy atom. The van der Waals surface area contributed by atoms with Crippen molar-refractivity contribution in [2.24, 2.45) is 7.05 Å². The molecule has 0 spiro atoms. The largest absolute Gasteiger partial charge is 0.490 e. The Bertz CT molecular complexity index is 671. The molecule has 8 heteroatoms. The van der Waals surface area contributed by atoms with Gasteiger partial charge >= 0.3 is 0 Å². The van der Waals surface area contributed by atoms with Gasteiger partial charge in [-0.15, -0.1) is 5.10 Å². The van der Waals surface area contributed by atoms with Crippen LogP contribution in [0.5, 0.6) is 11.5 Å². The molecule has 0 aliphatic rings. The van der Waals surface area contributed by atoms with E-state index >= 15 is 0 Å². The van der Waals surface area contributed by atoms with Crippen molar-refractivity contribution in [2.45, 2.75) is 26.7 Å². The molecule has 8 nitrogen and oxygen atoms in total. The number of ether oxygens (including phenoxy) is 2. The van der Waals surface area contributed by atoms with Gasteiger partial charge in [0.2, 0.25) is 5.91 Å². The zero-order valence-electron chi connectivity index (χ0n) is 14.3. The summed E-state index contributed by atoms with van der Waals surface area (Å²) in [6, 6.07) is 5.83. The Balaban J connectivity index is 1.86. The highest BCUT2D eigenvalue weighted by molar-refractivity contribution is 5.77. The predicted molar refractivity (Wildman–Crippen MR) is 88.0 cm³/mol. The molecular weight excluding hydrogens is 310 g/mol. The number of tetrazole rings is 1. The number of hydrogen-bond acceptors (Lipinski definition) is 6. The molecule has 2 aromatic rings. The minimum absolute atomic E-state index is 0.108. The molecule has 0 radical (unpaired) electrons. The van der Waals surface area contributed by atoms with Crippen LogP contribution >= 0.6 is 0 Å². The minimum atomic E-state index is -0.108. The molecule has 0 bridgehead atoms. The van der Waals surface area contributed by atoms with Gasteiger partial charge in [0, 0.05) is 13.6 Å². The number of carbonyl (C=O) groups excluding carboxylic acids is 1. The summed E-state index contributed by atoms with van der Waals surface area (Å²) in [7, 11) is 1.71. The third-order valence-electron chi connectivity index (χ3n) is 3.37. The van der Waals surface area contributed by atoms with Crippen LogP contribution in [0.3, 0.4) is 0 Å². The van der Waals surface area contributed by atoms with Crippen molar-refractivity contribution in [1.29, 1.82) is 0 Å². The van der Waals surface area contributed by atoms with Gasteiger partial charge in [-0.05, 0) is 48.4 Å². The monoisotopic (exact) mass is 333 g/mol. The smallest absolute Gasteiger partial charge is 0.227 e. The van der Waals surface area contributed by atoms with E-state index in [0.717, 1.165) is 17.1 Å². The van der Waals surface area contributed by atoms with Crippen LogP contribution in [0.25, 0.3) is 0 Å². The van der Waals surface area contributed by atoms with Gasteiger partial charge in [0.15, 0.2) is 17.3 Å². The maximum Gasteiger partial charge on any atom is 0.227 e. The molecule has 1 amide bonds. The van der Waals surface area contributed by atoms with E-state index in [1.165, 1.54) is 4.68 Å². The summed E-state index contributed by atoms with van der Waals surface area (Å²) in [5.41, 5.74) is 1.07. The summed E-state index contributed by atoms with van der Waals surface area (Å²) in [5, 5.41) is 13.9. The van der Waals surface area contributed by atoms with Crippen molar-refractivity contribution >= 4 is 5.91 Å². The third-order valence-corrected chi connectivity index (χ3v) is 3.37. The second kappa shape index (κ2) is 8.85. The molecule has 0 aliphatic carbocycles. The van der Waals surface area contributed by atoms with Gasteiger partial charge in [-0.2, -0.15) is 0 Å². The number of hydrogen-bond donors (Lipinski definition) is 1. The summed E-state index contributed by atoms with van der Waals surface area (Å²) >= 11 is 0. The first-order chi connectivity index (χ1) is 11.6. The van der Waals surface area contributed by atoms with Crippen LogP contribution in [-0.4, -0.2) is 45.9 Å². The average Bonchev–Trinajstić information content (AvgIpc) is 2.95. The number of nitrogens with one attached hydrogen (secondary N) is 1. The maximum absolute atomic E-state index is 11.9. The predicted octanol–water partition coefficient (Wildman–Crippen LogP) is 0.909. The molecule has 1 aromatic carbocycles. The normalized spacial score (nSPS) is 10.5. The molecular formula is C16H23N5O3. The van der Waals surface area contributed by atoms with E-state index in [4.69, 9.17) is 9.47 Å². The molecule has 1 aromatic heterocycles. The summed E-state index contributed by atoms with van der Waals surface area (Å²) in [6.07, 6.45) is 0.867. The number of carbonyl (C=O) groups is 1. The molecule has 2 rings (SSSR count). The number of amides is 1. The van der Waals surface area contributed by atoms with Crippen LogP contribution in [0.15, 0.2) is 18.2 Å². The lowest BCUT2D eigenvalue weighted by molar-refractivity contribution is -0.120. The number of aryl methyl sites for hydroxylation is 1. The van der Waals surface area contributed by atoms with Crippen LogP contribution in [0.1, 0.15) is 25.2 Å². The molecule has 1 heterocycles. The SMILES string of the molecule is CCOc1ccc(CCNC(=O)Cc2nnnn2C)cc1OCC. The van der Waals surface area contributed by atoms with E-state index in [1.807, 2.05) is 32.0 Å². The highest BCUT2D eigenvalue weighted by Gasteiger charge is 2.10. The lowest BCUT2D eigenvalue weighted by Gasteiger charge is -2.12. The second-order valence-corrected chi connectivity index (χ2v) is 5.14. The van der Waals surface area contributed by atoms with Crippen LogP contribution in [0.2, 0.25) is 0 Å². The molecule has 0 atom stereocenters. The molecule has 24 heavy (non-hydrogen) atoms. The van der Waals surface area contributed by atoms with Gasteiger partial charge in [-0.1, -0.05) is 6.07 Å². The lowest BCUT2D eigenvalue weighted by atomic mass is 10.1. The summed E-state index contributed by atoms with van der Waals surface area (Å²) in [6.45, 7) is 5.57. The van der Waals surface area contributed by atoms with Crippen molar-refractivity contribution in [1.82, 2.24) is 25.5 Å². The molecule has 130 valence electrons. The van der Waals surface area contributed by atoms with Gasteiger partial charge in [-0.3, -0.25) is 4.79 Å². The highest BCUT2D eigenvalue weighted by Crippen LogP contribution is 2.28. The van der Waals surface area contributed by atoms with E-state index in [0.29, 0.717) is 32.0 Å². The van der Waals surface area contributed by atoms with Gasteiger partial charge < -0.3 is 14.8 Å². The topological polar surface area (TPSA) is 91.2 Å². The Morgan fingerprint density at radius 1 is 1.21 bits per heavy atom. The molecule has 0 unspecified atom stereocenters. The Labute approximate surface area is 141 Å². The average molecular weight is 333 g/mol. The molecule has 0 aliphatic heterocycles. The highest BCUT2D eigenvalue weighted by atomic mass is 16.5. The van der Waals surface area contributed by atoms with E-state index in [2.05, 4.69) is 20.8 Å². The summed E-state index contributed by atoms with van der Waals surface area (Å²) < 4.78 is 12.6. The molecule has 0 fully saturated rings. The van der Waals surface area contributed by atoms with E-state index < -0.39 is 0 Å². The standard InChI is InChI=1S/C16H23N5O3/c1-4-23-13-7-6-12(10-14(13)24-5-2)8-9-17-16(22)11-15-18-19-20-21(15)3/h6-7,10H,4-5,8-9,11H2,1-3H3,(H,17,22). The Hall–Kier alpha value is -2.64. The van der Waals surface area contributed by atoms with Crippen LogP contribution in [-0.2, 0) is 24.7 Å². The fourth-order valence-corrected chi connectivity index (χ4v) is 2.20. The summed E-state index contributed by atoms with van der Waals surface area (Å²) in [4.78, 5) is 11.9. The number of nitrogens with zero attached hydrogens (tertiary/aromatic N) is 4. The molecule has 1 N–H and O–H groups in total. The van der Waals surface area contributed by atoms with Gasteiger partial charge in [0.25, 0.3) is 0 Å². The van der Waals surface area contributed by atoms with Crippen molar-refractivity contribution in [2.75, 3.05) is 19.8 Å². The van der Waals surface area contributed by atoms with E-state index in [9.17, 15) is 4.79 Å².